The molecule has 0 spiro atoms. The van der Waals surface area contributed by atoms with E-state index in [9.17, 15) is 13.2 Å². The minimum atomic E-state index is -3.61. The Labute approximate surface area is 156 Å². The molecule has 0 fully saturated rings. The van der Waals surface area contributed by atoms with Gasteiger partial charge in [0.25, 0.3) is 0 Å². The number of carbonyl (C=O) groups excluding carboxylic acids is 1. The monoisotopic (exact) mass is 374 g/mol. The van der Waals surface area contributed by atoms with Crippen LogP contribution in [0.1, 0.15) is 36.1 Å². The molecular weight excluding hydrogens is 348 g/mol. The Balaban J connectivity index is 1.93. The summed E-state index contributed by atoms with van der Waals surface area (Å²) in [6, 6.07) is 14.7. The average Bonchev–Trinajstić information content (AvgIpc) is 2.63. The second-order valence-corrected chi connectivity index (χ2v) is 8.25. The molecule has 2 aromatic carbocycles. The Bertz CT molecular complexity index is 864. The summed E-state index contributed by atoms with van der Waals surface area (Å²) in [5.74, 6) is -0.107. The number of rotatable bonds is 7. The summed E-state index contributed by atoms with van der Waals surface area (Å²) in [7, 11) is -1.88. The summed E-state index contributed by atoms with van der Waals surface area (Å²) in [4.78, 5) is 14.2. The number of hydrogen-bond donors (Lipinski definition) is 1. The molecule has 0 aliphatic heterocycles. The molecule has 140 valence electrons. The number of nitrogens with zero attached hydrogens (tertiary/aromatic N) is 1. The molecule has 1 unspecified atom stereocenters. The van der Waals surface area contributed by atoms with Crippen molar-refractivity contribution in [2.45, 2.75) is 38.1 Å². The predicted octanol–water partition coefficient (Wildman–Crippen LogP) is 3.19. The van der Waals surface area contributed by atoms with E-state index in [0.717, 1.165) is 16.7 Å². The molecular formula is C20H26N2O3S. The fourth-order valence-electron chi connectivity index (χ4n) is 2.60. The van der Waals surface area contributed by atoms with Crippen LogP contribution in [0.5, 0.6) is 0 Å². The van der Waals surface area contributed by atoms with Crippen LogP contribution in [0.3, 0.4) is 0 Å². The van der Waals surface area contributed by atoms with Gasteiger partial charge in [0.15, 0.2) is 0 Å². The molecule has 5 nitrogen and oxygen atoms in total. The molecule has 2 rings (SSSR count). The number of aryl methyl sites for hydroxylation is 2. The number of sulfonamides is 1. The van der Waals surface area contributed by atoms with Gasteiger partial charge in [0.05, 0.1) is 10.9 Å². The first-order valence-electron chi connectivity index (χ1n) is 8.60. The fourth-order valence-corrected chi connectivity index (χ4v) is 3.72. The third-order valence-corrected chi connectivity index (χ3v) is 6.13. The van der Waals surface area contributed by atoms with Crippen LogP contribution >= 0.6 is 0 Å². The van der Waals surface area contributed by atoms with Crippen molar-refractivity contribution in [3.63, 3.8) is 0 Å². The molecule has 1 amide bonds. The van der Waals surface area contributed by atoms with Gasteiger partial charge in [-0.15, -0.1) is 0 Å². The van der Waals surface area contributed by atoms with Gasteiger partial charge in [-0.25, -0.2) is 13.1 Å². The first-order valence-corrected chi connectivity index (χ1v) is 10.1. The average molecular weight is 375 g/mol. The number of carbonyl (C=O) groups is 1. The smallest absolute Gasteiger partial charge is 0.240 e. The van der Waals surface area contributed by atoms with E-state index >= 15 is 0 Å². The zero-order valence-electron chi connectivity index (χ0n) is 15.7. The molecule has 0 saturated carbocycles. The van der Waals surface area contributed by atoms with Crippen molar-refractivity contribution in [2.75, 3.05) is 13.6 Å². The quantitative estimate of drug-likeness (QED) is 0.809. The van der Waals surface area contributed by atoms with Crippen LogP contribution in [0.4, 0.5) is 0 Å². The Kier molecular flexibility index (Phi) is 6.56. The maximum absolute atomic E-state index is 12.4. The van der Waals surface area contributed by atoms with Gasteiger partial charge in [0, 0.05) is 20.0 Å². The summed E-state index contributed by atoms with van der Waals surface area (Å²) < 4.78 is 27.2. The third kappa shape index (κ3) is 4.93. The van der Waals surface area contributed by atoms with Crippen LogP contribution in [-0.2, 0) is 14.8 Å². The van der Waals surface area contributed by atoms with Crippen molar-refractivity contribution in [2.24, 2.45) is 0 Å². The molecule has 0 heterocycles. The highest BCUT2D eigenvalue weighted by atomic mass is 32.2. The van der Waals surface area contributed by atoms with E-state index in [-0.39, 0.29) is 29.8 Å². The Morgan fingerprint density at radius 3 is 2.35 bits per heavy atom. The third-order valence-electron chi connectivity index (χ3n) is 4.68. The largest absolute Gasteiger partial charge is 0.339 e. The van der Waals surface area contributed by atoms with Crippen LogP contribution in [-0.4, -0.2) is 32.8 Å². The first kappa shape index (κ1) is 20.1. The van der Waals surface area contributed by atoms with E-state index in [1.165, 1.54) is 0 Å². The van der Waals surface area contributed by atoms with Crippen molar-refractivity contribution in [3.8, 4) is 0 Å². The van der Waals surface area contributed by atoms with E-state index in [1.54, 1.807) is 30.1 Å². The molecule has 6 heteroatoms. The van der Waals surface area contributed by atoms with Gasteiger partial charge < -0.3 is 4.90 Å². The molecule has 0 bridgehead atoms. The van der Waals surface area contributed by atoms with Gasteiger partial charge in [-0.05, 0) is 49.6 Å². The lowest BCUT2D eigenvalue weighted by molar-refractivity contribution is -0.131. The molecule has 1 atom stereocenters. The zero-order chi connectivity index (χ0) is 19.3. The molecule has 26 heavy (non-hydrogen) atoms. The normalized spacial score (nSPS) is 12.6. The van der Waals surface area contributed by atoms with Crippen LogP contribution in [0, 0.1) is 13.8 Å². The van der Waals surface area contributed by atoms with Gasteiger partial charge in [-0.2, -0.15) is 0 Å². The lowest BCUT2D eigenvalue weighted by Gasteiger charge is -2.25. The summed E-state index contributed by atoms with van der Waals surface area (Å²) in [5.41, 5.74) is 3.00. The number of benzene rings is 2. The lowest BCUT2D eigenvalue weighted by Crippen LogP contribution is -2.33. The van der Waals surface area contributed by atoms with Gasteiger partial charge in [-0.3, -0.25) is 4.79 Å². The summed E-state index contributed by atoms with van der Waals surface area (Å²) >= 11 is 0. The van der Waals surface area contributed by atoms with Crippen LogP contribution in [0.15, 0.2) is 53.4 Å². The molecule has 0 aromatic heterocycles. The number of hydrogen-bond acceptors (Lipinski definition) is 3. The van der Waals surface area contributed by atoms with Crippen LogP contribution in [0.25, 0.3) is 0 Å². The topological polar surface area (TPSA) is 66.5 Å². The van der Waals surface area contributed by atoms with Gasteiger partial charge in [0.2, 0.25) is 15.9 Å². The van der Waals surface area contributed by atoms with Gasteiger partial charge >= 0.3 is 0 Å². The zero-order valence-corrected chi connectivity index (χ0v) is 16.5. The molecule has 0 saturated heterocycles. The van der Waals surface area contributed by atoms with Crippen molar-refractivity contribution >= 4 is 15.9 Å². The molecule has 2 aromatic rings. The van der Waals surface area contributed by atoms with Gasteiger partial charge in [-0.1, -0.05) is 36.4 Å². The maximum atomic E-state index is 12.4. The number of amides is 1. The molecule has 0 radical (unpaired) electrons. The highest BCUT2D eigenvalue weighted by molar-refractivity contribution is 7.89. The minimum absolute atomic E-state index is 0.0694. The summed E-state index contributed by atoms with van der Waals surface area (Å²) in [5, 5.41) is 0. The van der Waals surface area contributed by atoms with Crippen molar-refractivity contribution < 1.29 is 13.2 Å². The predicted molar refractivity (Wildman–Crippen MR) is 103 cm³/mol. The maximum Gasteiger partial charge on any atom is 0.240 e. The molecule has 0 aliphatic rings. The summed E-state index contributed by atoms with van der Waals surface area (Å²) in [6.45, 7) is 5.83. The Morgan fingerprint density at radius 2 is 1.73 bits per heavy atom. The SMILES string of the molecule is Cc1ccc(S(=O)(=O)NCCC(=O)N(C)C(C)c2ccccc2)cc1C. The van der Waals surface area contributed by atoms with E-state index < -0.39 is 10.0 Å². The Hall–Kier alpha value is -2.18. The van der Waals surface area contributed by atoms with Crippen molar-refractivity contribution in [3.05, 3.63) is 65.2 Å². The van der Waals surface area contributed by atoms with Crippen LogP contribution in [0.2, 0.25) is 0 Å². The summed E-state index contributed by atoms with van der Waals surface area (Å²) in [6.07, 6.45) is 0.109. The van der Waals surface area contributed by atoms with Crippen molar-refractivity contribution in [1.82, 2.24) is 9.62 Å². The lowest BCUT2D eigenvalue weighted by atomic mass is 10.1. The van der Waals surface area contributed by atoms with Crippen LogP contribution < -0.4 is 4.72 Å². The second-order valence-electron chi connectivity index (χ2n) is 6.49. The van der Waals surface area contributed by atoms with E-state index in [1.807, 2.05) is 51.1 Å². The van der Waals surface area contributed by atoms with E-state index in [4.69, 9.17) is 0 Å². The minimum Gasteiger partial charge on any atom is -0.339 e. The molecule has 1 N–H and O–H groups in total. The highest BCUT2D eigenvalue weighted by Gasteiger charge is 2.19. The highest BCUT2D eigenvalue weighted by Crippen LogP contribution is 2.19. The first-order chi connectivity index (χ1) is 12.2. The fraction of sp³-hybridized carbons (Fsp3) is 0.350. The van der Waals surface area contributed by atoms with Crippen molar-refractivity contribution in [1.29, 1.82) is 0 Å². The Morgan fingerprint density at radius 1 is 1.08 bits per heavy atom. The van der Waals surface area contributed by atoms with E-state index in [2.05, 4.69) is 4.72 Å². The van der Waals surface area contributed by atoms with E-state index in [0.29, 0.717) is 0 Å². The molecule has 0 aliphatic carbocycles. The number of nitrogens with one attached hydrogen (secondary N) is 1. The standard InChI is InChI=1S/C20H26N2O3S/c1-15-10-11-19(14-16(15)2)26(24,25)21-13-12-20(23)22(4)17(3)18-8-6-5-7-9-18/h5-11,14,17,21H,12-13H2,1-4H3. The second kappa shape index (κ2) is 8.47. The van der Waals surface area contributed by atoms with Gasteiger partial charge in [0.1, 0.15) is 0 Å².